The van der Waals surface area contributed by atoms with Crippen molar-refractivity contribution in [2.45, 2.75) is 51.5 Å². The second-order valence-electron chi connectivity index (χ2n) is 9.42. The van der Waals surface area contributed by atoms with Gasteiger partial charge in [-0.2, -0.15) is 0 Å². The lowest BCUT2D eigenvalue weighted by Gasteiger charge is -2.38. The van der Waals surface area contributed by atoms with E-state index in [9.17, 15) is 14.4 Å². The molecule has 8 heteroatoms. The van der Waals surface area contributed by atoms with Crippen molar-refractivity contribution < 1.29 is 14.4 Å². The van der Waals surface area contributed by atoms with Crippen LogP contribution in [0.2, 0.25) is 10.0 Å². The van der Waals surface area contributed by atoms with Gasteiger partial charge in [0, 0.05) is 54.3 Å². The van der Waals surface area contributed by atoms with Gasteiger partial charge in [-0.1, -0.05) is 30.1 Å². The molecule has 174 valence electrons. The zero-order valence-corrected chi connectivity index (χ0v) is 20.1. The summed E-state index contributed by atoms with van der Waals surface area (Å²) in [6.45, 7) is 5.63. The van der Waals surface area contributed by atoms with Crippen molar-refractivity contribution in [1.82, 2.24) is 14.7 Å². The number of hydrogen-bond acceptors (Lipinski definition) is 3. The molecule has 1 aromatic carbocycles. The number of piperidine rings is 2. The maximum Gasteiger partial charge on any atom is 0.254 e. The molecular weight excluding hydrogens is 449 g/mol. The normalized spacial score (nSPS) is 23.0. The van der Waals surface area contributed by atoms with E-state index in [1.54, 1.807) is 23.1 Å². The van der Waals surface area contributed by atoms with Crippen LogP contribution in [0.1, 0.15) is 55.8 Å². The molecule has 3 aliphatic rings. The second-order valence-corrected chi connectivity index (χ2v) is 10.3. The second kappa shape index (κ2) is 10.0. The number of amides is 3. The summed E-state index contributed by atoms with van der Waals surface area (Å²) in [4.78, 5) is 44.7. The highest BCUT2D eigenvalue weighted by Gasteiger charge is 2.39. The van der Waals surface area contributed by atoms with E-state index in [1.165, 1.54) is 0 Å². The smallest absolute Gasteiger partial charge is 0.254 e. The minimum Gasteiger partial charge on any atom is -0.342 e. The van der Waals surface area contributed by atoms with Crippen LogP contribution in [0.4, 0.5) is 0 Å². The van der Waals surface area contributed by atoms with Crippen molar-refractivity contribution in [3.05, 3.63) is 33.8 Å². The molecule has 1 aromatic rings. The van der Waals surface area contributed by atoms with Crippen molar-refractivity contribution >= 4 is 40.9 Å². The molecule has 3 aliphatic heterocycles. The highest BCUT2D eigenvalue weighted by molar-refractivity contribution is 6.35. The molecule has 6 nitrogen and oxygen atoms in total. The van der Waals surface area contributed by atoms with Crippen LogP contribution < -0.4 is 0 Å². The molecule has 0 aromatic heterocycles. The fourth-order valence-corrected chi connectivity index (χ4v) is 5.68. The van der Waals surface area contributed by atoms with E-state index in [0.717, 1.165) is 32.4 Å². The minimum atomic E-state index is -0.462. The van der Waals surface area contributed by atoms with Crippen LogP contribution in [-0.4, -0.2) is 71.2 Å². The maximum atomic E-state index is 13.3. The van der Waals surface area contributed by atoms with Crippen LogP contribution >= 0.6 is 23.2 Å². The molecule has 0 bridgehead atoms. The summed E-state index contributed by atoms with van der Waals surface area (Å²) in [5.41, 5.74) is 0.405. The largest absolute Gasteiger partial charge is 0.342 e. The van der Waals surface area contributed by atoms with Crippen LogP contribution in [0.3, 0.4) is 0 Å². The number of nitrogens with zero attached hydrogens (tertiary/aromatic N) is 3. The summed E-state index contributed by atoms with van der Waals surface area (Å²) >= 11 is 12.1. The topological polar surface area (TPSA) is 60.9 Å². The molecule has 3 fully saturated rings. The Labute approximate surface area is 199 Å². The third kappa shape index (κ3) is 5.07. The van der Waals surface area contributed by atoms with E-state index in [-0.39, 0.29) is 23.6 Å². The monoisotopic (exact) mass is 479 g/mol. The first kappa shape index (κ1) is 23.4. The number of carbonyl (C=O) groups is 3. The van der Waals surface area contributed by atoms with Gasteiger partial charge in [-0.15, -0.1) is 0 Å². The highest BCUT2D eigenvalue weighted by Crippen LogP contribution is 2.28. The highest BCUT2D eigenvalue weighted by atomic mass is 35.5. The Morgan fingerprint density at radius 3 is 1.97 bits per heavy atom. The first-order valence-corrected chi connectivity index (χ1v) is 12.4. The van der Waals surface area contributed by atoms with Crippen LogP contribution in [-0.2, 0) is 9.59 Å². The van der Waals surface area contributed by atoms with Crippen molar-refractivity contribution in [2.75, 3.05) is 32.7 Å². The summed E-state index contributed by atoms with van der Waals surface area (Å²) < 4.78 is 0. The van der Waals surface area contributed by atoms with Crippen LogP contribution in [0, 0.1) is 11.8 Å². The van der Waals surface area contributed by atoms with Gasteiger partial charge >= 0.3 is 0 Å². The molecule has 0 spiro atoms. The van der Waals surface area contributed by atoms with E-state index in [1.807, 2.05) is 9.80 Å². The van der Waals surface area contributed by atoms with Gasteiger partial charge in [-0.05, 0) is 62.6 Å². The summed E-state index contributed by atoms with van der Waals surface area (Å²) in [6.07, 6.45) is 4.99. The van der Waals surface area contributed by atoms with Crippen LogP contribution in [0.5, 0.6) is 0 Å². The molecule has 0 radical (unpaired) electrons. The third-order valence-corrected chi connectivity index (χ3v) is 7.60. The number of carbonyl (C=O) groups excluding carboxylic acids is 3. The Balaban J connectivity index is 1.35. The fourth-order valence-electron chi connectivity index (χ4n) is 5.15. The van der Waals surface area contributed by atoms with Gasteiger partial charge in [0.15, 0.2) is 0 Å². The van der Waals surface area contributed by atoms with E-state index < -0.39 is 6.04 Å². The summed E-state index contributed by atoms with van der Waals surface area (Å²) in [5, 5.41) is 0.802. The molecule has 1 unspecified atom stereocenters. The predicted octanol–water partition coefficient (Wildman–Crippen LogP) is 4.10. The molecule has 0 N–H and O–H groups in total. The van der Waals surface area contributed by atoms with Gasteiger partial charge in [0.25, 0.3) is 5.91 Å². The van der Waals surface area contributed by atoms with Gasteiger partial charge < -0.3 is 14.7 Å². The van der Waals surface area contributed by atoms with Gasteiger partial charge in [0.2, 0.25) is 11.8 Å². The average Bonchev–Trinajstić information content (AvgIpc) is 3.27. The zero-order valence-electron chi connectivity index (χ0n) is 18.6. The quantitative estimate of drug-likeness (QED) is 0.655. The first-order valence-electron chi connectivity index (χ1n) is 11.7. The Morgan fingerprint density at radius 2 is 1.34 bits per heavy atom. The summed E-state index contributed by atoms with van der Waals surface area (Å²) in [7, 11) is 0. The molecule has 1 atom stereocenters. The van der Waals surface area contributed by atoms with Crippen molar-refractivity contribution in [1.29, 1.82) is 0 Å². The third-order valence-electron chi connectivity index (χ3n) is 7.16. The number of benzene rings is 1. The lowest BCUT2D eigenvalue weighted by Crippen LogP contribution is -2.51. The molecule has 4 rings (SSSR count). The van der Waals surface area contributed by atoms with E-state index in [2.05, 4.69) is 6.92 Å². The standard InChI is InChI=1S/C24H31Cl2N3O3/c1-16-4-9-27(10-5-16)22(30)17-6-11-28(12-7-17)24(32)21-3-2-8-29(21)23(31)18-13-19(25)15-20(26)14-18/h13-17,21H,2-12H2,1H3. The molecule has 3 heterocycles. The lowest BCUT2D eigenvalue weighted by molar-refractivity contribution is -0.143. The number of halogens is 2. The van der Waals surface area contributed by atoms with Crippen LogP contribution in [0.25, 0.3) is 0 Å². The van der Waals surface area contributed by atoms with Crippen molar-refractivity contribution in [3.63, 3.8) is 0 Å². The fraction of sp³-hybridized carbons (Fsp3) is 0.625. The van der Waals surface area contributed by atoms with Gasteiger partial charge in [0.1, 0.15) is 6.04 Å². The van der Waals surface area contributed by atoms with Gasteiger partial charge in [0.05, 0.1) is 0 Å². The molecule has 3 amide bonds. The molecule has 0 aliphatic carbocycles. The Bertz CT molecular complexity index is 857. The zero-order chi connectivity index (χ0) is 22.8. The predicted molar refractivity (Wildman–Crippen MR) is 125 cm³/mol. The lowest BCUT2D eigenvalue weighted by atomic mass is 9.92. The SMILES string of the molecule is CC1CCN(C(=O)C2CCN(C(=O)C3CCCN3C(=O)c3cc(Cl)cc(Cl)c3)CC2)CC1. The number of hydrogen-bond donors (Lipinski definition) is 0. The Hall–Kier alpha value is -1.79. The van der Waals surface area contributed by atoms with Crippen molar-refractivity contribution in [2.24, 2.45) is 11.8 Å². The Morgan fingerprint density at radius 1 is 0.781 bits per heavy atom. The molecular formula is C24H31Cl2N3O3. The summed E-state index contributed by atoms with van der Waals surface area (Å²) in [5.74, 6) is 0.719. The van der Waals surface area contributed by atoms with E-state index in [0.29, 0.717) is 60.4 Å². The van der Waals surface area contributed by atoms with Gasteiger partial charge in [-0.25, -0.2) is 0 Å². The maximum absolute atomic E-state index is 13.3. The first-order chi connectivity index (χ1) is 15.3. The Kier molecular flexibility index (Phi) is 7.30. The van der Waals surface area contributed by atoms with E-state index in [4.69, 9.17) is 23.2 Å². The number of likely N-dealkylation sites (tertiary alicyclic amines) is 3. The average molecular weight is 480 g/mol. The van der Waals surface area contributed by atoms with Crippen LogP contribution in [0.15, 0.2) is 18.2 Å². The summed E-state index contributed by atoms with van der Waals surface area (Å²) in [6, 6.07) is 4.31. The van der Waals surface area contributed by atoms with Crippen molar-refractivity contribution in [3.8, 4) is 0 Å². The van der Waals surface area contributed by atoms with E-state index >= 15 is 0 Å². The molecule has 0 saturated carbocycles. The van der Waals surface area contributed by atoms with Gasteiger partial charge in [-0.3, -0.25) is 14.4 Å². The minimum absolute atomic E-state index is 0.00220. The molecule has 32 heavy (non-hydrogen) atoms. The molecule has 3 saturated heterocycles. The number of rotatable bonds is 3.